The lowest BCUT2D eigenvalue weighted by Gasteiger charge is -2.19. The molecule has 1 heterocycles. The Kier molecular flexibility index (Phi) is 5.40. The molecule has 2 rings (SSSR count). The Hall–Kier alpha value is -2.50. The summed E-state index contributed by atoms with van der Waals surface area (Å²) in [5, 5.41) is 0.588. The molecule has 0 bridgehead atoms. The van der Waals surface area contributed by atoms with E-state index < -0.39 is 17.5 Å². The monoisotopic (exact) mass is 348 g/mol. The first-order valence-electron chi connectivity index (χ1n) is 8.15. The van der Waals surface area contributed by atoms with Gasteiger partial charge in [-0.2, -0.15) is 0 Å². The molecule has 0 radical (unpaired) electrons. The van der Waals surface area contributed by atoms with Gasteiger partial charge in [0.15, 0.2) is 6.61 Å². The summed E-state index contributed by atoms with van der Waals surface area (Å²) in [6.45, 7) is 10.4. The minimum absolute atomic E-state index is 0.217. The Bertz CT molecular complexity index is 779. The number of carbonyl (C=O) groups is 2. The molecule has 0 atom stereocenters. The molecule has 0 aliphatic rings. The average molecular weight is 348 g/mol. The Balaban J connectivity index is 2.21. The van der Waals surface area contributed by atoms with E-state index in [-0.39, 0.29) is 12.7 Å². The van der Waals surface area contributed by atoms with Crippen molar-refractivity contribution >= 4 is 22.9 Å². The normalized spacial score (nSPS) is 11.6. The Morgan fingerprint density at radius 1 is 1.20 bits per heavy atom. The number of fused-ring (bicyclic) bond motifs is 1. The molecule has 0 N–H and O–H groups in total. The predicted octanol–water partition coefficient (Wildman–Crippen LogP) is 4.03. The number of esters is 2. The van der Waals surface area contributed by atoms with E-state index in [2.05, 4.69) is 0 Å². The van der Waals surface area contributed by atoms with Crippen LogP contribution in [0.3, 0.4) is 0 Å². The van der Waals surface area contributed by atoms with Gasteiger partial charge in [-0.3, -0.25) is 0 Å². The van der Waals surface area contributed by atoms with Crippen LogP contribution in [0, 0.1) is 6.92 Å². The molecule has 1 aromatic carbocycles. The first-order chi connectivity index (χ1) is 11.6. The lowest BCUT2D eigenvalue weighted by atomic mass is 10.1. The Labute approximate surface area is 147 Å². The molecule has 0 spiro atoms. The lowest BCUT2D eigenvalue weighted by molar-refractivity contribution is -0.157. The van der Waals surface area contributed by atoms with Crippen molar-refractivity contribution in [2.75, 3.05) is 6.61 Å². The number of hydrogen-bond donors (Lipinski definition) is 0. The molecule has 0 aliphatic carbocycles. The van der Waals surface area contributed by atoms with Gasteiger partial charge in [0.2, 0.25) is 0 Å². The van der Waals surface area contributed by atoms with Gasteiger partial charge in [-0.25, -0.2) is 9.59 Å². The van der Waals surface area contributed by atoms with Crippen LogP contribution in [0.2, 0.25) is 0 Å². The lowest BCUT2D eigenvalue weighted by Crippen LogP contribution is -2.27. The number of furan rings is 1. The zero-order valence-electron chi connectivity index (χ0n) is 15.5. The average Bonchev–Trinajstić information content (AvgIpc) is 2.77. The molecule has 25 heavy (non-hydrogen) atoms. The molecule has 136 valence electrons. The highest BCUT2D eigenvalue weighted by Gasteiger charge is 2.21. The topological polar surface area (TPSA) is 75.0 Å². The van der Waals surface area contributed by atoms with Crippen LogP contribution in [-0.4, -0.2) is 30.3 Å². The highest BCUT2D eigenvalue weighted by atomic mass is 16.6. The third kappa shape index (κ3) is 4.98. The maximum Gasteiger partial charge on any atom is 0.344 e. The Morgan fingerprint density at radius 3 is 2.48 bits per heavy atom. The summed E-state index contributed by atoms with van der Waals surface area (Å²) in [7, 11) is 0. The van der Waals surface area contributed by atoms with Crippen molar-refractivity contribution in [3.8, 4) is 5.75 Å². The zero-order chi connectivity index (χ0) is 18.8. The van der Waals surface area contributed by atoms with Crippen LogP contribution in [0.1, 0.15) is 50.7 Å². The molecule has 6 heteroatoms. The first kappa shape index (κ1) is 18.8. The first-order valence-corrected chi connectivity index (χ1v) is 8.15. The smallest absolute Gasteiger partial charge is 0.344 e. The highest BCUT2D eigenvalue weighted by Crippen LogP contribution is 2.30. The molecule has 0 fully saturated rings. The fraction of sp³-hybridized carbons (Fsp3) is 0.474. The molecule has 2 aromatic rings. The van der Waals surface area contributed by atoms with Crippen molar-refractivity contribution in [3.63, 3.8) is 0 Å². The Morgan fingerprint density at radius 2 is 1.88 bits per heavy atom. The summed E-state index contributed by atoms with van der Waals surface area (Å²) in [5.74, 6) is 0.00801. The van der Waals surface area contributed by atoms with Gasteiger partial charge < -0.3 is 18.6 Å². The summed E-state index contributed by atoms with van der Waals surface area (Å²) in [6.07, 6.45) is -0.233. The summed E-state index contributed by atoms with van der Waals surface area (Å²) in [5.41, 5.74) is 0.351. The second-order valence-electron chi connectivity index (χ2n) is 7.02. The van der Waals surface area contributed by atoms with Gasteiger partial charge in [0.05, 0.1) is 6.10 Å². The van der Waals surface area contributed by atoms with Crippen molar-refractivity contribution < 1.29 is 28.2 Å². The van der Waals surface area contributed by atoms with Gasteiger partial charge in [0.25, 0.3) is 0 Å². The quantitative estimate of drug-likeness (QED) is 0.760. The van der Waals surface area contributed by atoms with E-state index in [9.17, 15) is 9.59 Å². The molecule has 0 aliphatic heterocycles. The maximum absolute atomic E-state index is 12.3. The van der Waals surface area contributed by atoms with Crippen molar-refractivity contribution in [1.82, 2.24) is 0 Å². The predicted molar refractivity (Wildman–Crippen MR) is 92.8 cm³/mol. The minimum Gasteiger partial charge on any atom is -0.482 e. The molecule has 0 amide bonds. The highest BCUT2D eigenvalue weighted by molar-refractivity contribution is 6.04. The molecule has 6 nitrogen and oxygen atoms in total. The summed E-state index contributed by atoms with van der Waals surface area (Å²) in [6, 6.07) is 5.03. The largest absolute Gasteiger partial charge is 0.482 e. The van der Waals surface area contributed by atoms with Crippen LogP contribution < -0.4 is 4.74 Å². The van der Waals surface area contributed by atoms with Crippen LogP contribution in [0.25, 0.3) is 11.0 Å². The van der Waals surface area contributed by atoms with E-state index in [1.54, 1.807) is 59.7 Å². The second-order valence-corrected chi connectivity index (χ2v) is 7.02. The summed E-state index contributed by atoms with van der Waals surface area (Å²) in [4.78, 5) is 24.0. The van der Waals surface area contributed by atoms with Crippen LogP contribution in [0.5, 0.6) is 5.75 Å². The van der Waals surface area contributed by atoms with E-state index in [1.807, 2.05) is 0 Å². The van der Waals surface area contributed by atoms with Gasteiger partial charge in [-0.05, 0) is 59.7 Å². The van der Waals surface area contributed by atoms with Crippen molar-refractivity contribution in [2.45, 2.75) is 53.2 Å². The third-order valence-corrected chi connectivity index (χ3v) is 3.16. The van der Waals surface area contributed by atoms with Gasteiger partial charge in [-0.15, -0.1) is 0 Å². The SMILES string of the molecule is Cc1oc2ccc(OCC(=O)OC(C)(C)C)cc2c1C(=O)OC(C)C. The maximum atomic E-state index is 12.3. The van der Waals surface area contributed by atoms with E-state index >= 15 is 0 Å². The van der Waals surface area contributed by atoms with Crippen LogP contribution >= 0.6 is 0 Å². The number of aryl methyl sites for hydroxylation is 1. The van der Waals surface area contributed by atoms with Crippen molar-refractivity contribution in [1.29, 1.82) is 0 Å². The van der Waals surface area contributed by atoms with Gasteiger partial charge in [0.1, 0.15) is 28.3 Å². The molecule has 0 saturated carbocycles. The van der Waals surface area contributed by atoms with E-state index in [1.165, 1.54) is 0 Å². The number of rotatable bonds is 5. The van der Waals surface area contributed by atoms with E-state index in [0.29, 0.717) is 28.0 Å². The summed E-state index contributed by atoms with van der Waals surface area (Å²) >= 11 is 0. The molecular formula is C19H24O6. The number of hydrogen-bond acceptors (Lipinski definition) is 6. The number of ether oxygens (including phenoxy) is 3. The van der Waals surface area contributed by atoms with Gasteiger partial charge in [-0.1, -0.05) is 0 Å². The second kappa shape index (κ2) is 7.17. The minimum atomic E-state index is -0.570. The van der Waals surface area contributed by atoms with E-state index in [4.69, 9.17) is 18.6 Å². The fourth-order valence-corrected chi connectivity index (χ4v) is 2.33. The standard InChI is InChI=1S/C19H24O6/c1-11(2)23-18(21)17-12(3)24-15-8-7-13(9-14(15)17)22-10-16(20)25-19(4,5)6/h7-9,11H,10H2,1-6H3. The van der Waals surface area contributed by atoms with Crippen LogP contribution in [-0.2, 0) is 14.3 Å². The van der Waals surface area contributed by atoms with Crippen molar-refractivity contribution in [3.05, 3.63) is 29.5 Å². The molecular weight excluding hydrogens is 324 g/mol. The van der Waals surface area contributed by atoms with Gasteiger partial charge >= 0.3 is 11.9 Å². The fourth-order valence-electron chi connectivity index (χ4n) is 2.33. The zero-order valence-corrected chi connectivity index (χ0v) is 15.5. The molecule has 0 saturated heterocycles. The van der Waals surface area contributed by atoms with E-state index in [0.717, 1.165) is 0 Å². The molecule has 1 aromatic heterocycles. The number of carbonyl (C=O) groups excluding carboxylic acids is 2. The number of benzene rings is 1. The van der Waals surface area contributed by atoms with Crippen molar-refractivity contribution in [2.24, 2.45) is 0 Å². The third-order valence-electron chi connectivity index (χ3n) is 3.16. The summed E-state index contributed by atoms with van der Waals surface area (Å²) < 4.78 is 21.5. The molecule has 0 unspecified atom stereocenters. The van der Waals surface area contributed by atoms with Gasteiger partial charge in [0, 0.05) is 5.39 Å². The van der Waals surface area contributed by atoms with Crippen LogP contribution in [0.15, 0.2) is 22.6 Å². The van der Waals surface area contributed by atoms with Crippen LogP contribution in [0.4, 0.5) is 0 Å².